The highest BCUT2D eigenvalue weighted by Gasteiger charge is 2.82. The number of allylic oxidation sites excluding steroid dienone is 1. The maximum absolute atomic E-state index is 12.3. The van der Waals surface area contributed by atoms with Crippen molar-refractivity contribution < 1.29 is 49.4 Å². The molecule has 0 saturated heterocycles. The van der Waals surface area contributed by atoms with E-state index in [2.05, 4.69) is 0 Å². The molecule has 0 heterocycles. The molecule has 1 N–H and O–H groups in total. The van der Waals surface area contributed by atoms with Gasteiger partial charge in [0, 0.05) is 5.57 Å². The molecule has 0 bridgehead atoms. The smallest absolute Gasteiger partial charge is 0.415 e. The van der Waals surface area contributed by atoms with Crippen molar-refractivity contribution in [2.45, 2.75) is 25.5 Å². The van der Waals surface area contributed by atoms with Crippen LogP contribution in [0.15, 0.2) is 11.6 Å². The molecule has 0 fully saturated rings. The molecule has 2 nitrogen and oxygen atoms in total. The third-order valence-corrected chi connectivity index (χ3v) is 2.11. The van der Waals surface area contributed by atoms with Gasteiger partial charge in [-0.25, -0.2) is 4.79 Å². The number of halogens is 9. The molecule has 11 heteroatoms. The lowest BCUT2D eigenvalue weighted by molar-refractivity contribution is -0.407. The predicted octanol–water partition coefficient (Wildman–Crippen LogP) is 3.69. The molecule has 0 aromatic carbocycles. The number of carboxylic acids is 1. The molecule has 0 aliphatic carbocycles. The van der Waals surface area contributed by atoms with E-state index in [0.717, 1.165) is 0 Å². The van der Waals surface area contributed by atoms with Crippen LogP contribution < -0.4 is 0 Å². The largest absolute Gasteiger partial charge is 0.478 e. The lowest BCUT2D eigenvalue weighted by Crippen LogP contribution is -2.58. The second kappa shape index (κ2) is 4.60. The van der Waals surface area contributed by atoms with E-state index in [0.29, 0.717) is 0 Å². The second-order valence-electron chi connectivity index (χ2n) is 3.43. The van der Waals surface area contributed by atoms with Gasteiger partial charge in [0.25, 0.3) is 5.41 Å². The minimum absolute atomic E-state index is 0.195. The van der Waals surface area contributed by atoms with Crippen LogP contribution in [0.5, 0.6) is 0 Å². The number of carboxylic acid groups (broad SMARTS) is 1. The number of hydrogen-bond acceptors (Lipinski definition) is 1. The minimum Gasteiger partial charge on any atom is -0.478 e. The first-order chi connectivity index (χ1) is 8.08. The zero-order valence-electron chi connectivity index (χ0n) is 8.83. The summed E-state index contributed by atoms with van der Waals surface area (Å²) in [6.07, 6.45) is -21.8. The lowest BCUT2D eigenvalue weighted by atomic mass is 9.83. The molecule has 19 heavy (non-hydrogen) atoms. The van der Waals surface area contributed by atoms with Gasteiger partial charge in [0.1, 0.15) is 0 Å². The van der Waals surface area contributed by atoms with Crippen molar-refractivity contribution in [3.63, 3.8) is 0 Å². The SMILES string of the molecule is CC(=CC(C(F)(F)F)(C(F)(F)F)C(F)(F)F)C(=O)O. The Kier molecular flexibility index (Phi) is 4.26. The number of aliphatic carboxylic acids is 1. The van der Waals surface area contributed by atoms with Crippen LogP contribution in [-0.2, 0) is 4.79 Å². The topological polar surface area (TPSA) is 37.3 Å². The Morgan fingerprint density at radius 2 is 1.11 bits per heavy atom. The average molecular weight is 304 g/mol. The van der Waals surface area contributed by atoms with Gasteiger partial charge in [0.15, 0.2) is 0 Å². The third-order valence-electron chi connectivity index (χ3n) is 2.11. The van der Waals surface area contributed by atoms with Crippen molar-refractivity contribution in [1.82, 2.24) is 0 Å². The fourth-order valence-corrected chi connectivity index (χ4v) is 1.11. The fourth-order valence-electron chi connectivity index (χ4n) is 1.11. The molecule has 0 spiro atoms. The van der Waals surface area contributed by atoms with Gasteiger partial charge in [-0.2, -0.15) is 39.5 Å². The summed E-state index contributed by atoms with van der Waals surface area (Å²) in [4.78, 5) is 10.2. The van der Waals surface area contributed by atoms with Crippen molar-refractivity contribution >= 4 is 5.97 Å². The fraction of sp³-hybridized carbons (Fsp3) is 0.625. The van der Waals surface area contributed by atoms with Crippen molar-refractivity contribution in [3.8, 4) is 0 Å². The Labute approximate surface area is 99.0 Å². The standard InChI is InChI=1S/C8H5F9O2/c1-3(4(18)19)2-5(6(9,10)11,7(12,13)14)8(15,16)17/h2H,1H3,(H,18,19). The molecule has 0 amide bonds. The summed E-state index contributed by atoms with van der Waals surface area (Å²) in [7, 11) is 0. The van der Waals surface area contributed by atoms with Crippen LogP contribution in [0.4, 0.5) is 39.5 Å². The van der Waals surface area contributed by atoms with Crippen LogP contribution in [0, 0.1) is 5.41 Å². The first-order valence-corrected chi connectivity index (χ1v) is 4.21. The summed E-state index contributed by atoms with van der Waals surface area (Å²) in [6.45, 7) is 0.195. The molecule has 0 aliphatic rings. The Bertz CT molecular complexity index is 348. The Morgan fingerprint density at radius 1 is 0.842 bits per heavy atom. The molecule has 0 aliphatic heterocycles. The number of rotatable bonds is 2. The van der Waals surface area contributed by atoms with Gasteiger partial charge in [-0.15, -0.1) is 0 Å². The first kappa shape index (κ1) is 17.6. The van der Waals surface area contributed by atoms with Crippen LogP contribution in [0.1, 0.15) is 6.92 Å². The highest BCUT2D eigenvalue weighted by atomic mass is 19.4. The Balaban J connectivity index is 6.46. The normalized spacial score (nSPS) is 15.6. The maximum atomic E-state index is 12.3. The van der Waals surface area contributed by atoms with E-state index in [1.54, 1.807) is 0 Å². The van der Waals surface area contributed by atoms with E-state index in [9.17, 15) is 44.3 Å². The van der Waals surface area contributed by atoms with Gasteiger partial charge in [0.2, 0.25) is 0 Å². The van der Waals surface area contributed by atoms with Gasteiger partial charge < -0.3 is 5.11 Å². The van der Waals surface area contributed by atoms with Crippen LogP contribution in [-0.4, -0.2) is 29.6 Å². The maximum Gasteiger partial charge on any atom is 0.415 e. The average Bonchev–Trinajstić information content (AvgIpc) is 2.06. The third kappa shape index (κ3) is 2.95. The van der Waals surface area contributed by atoms with Crippen LogP contribution in [0.3, 0.4) is 0 Å². The molecular weight excluding hydrogens is 299 g/mol. The molecule has 0 rings (SSSR count). The van der Waals surface area contributed by atoms with Crippen molar-refractivity contribution in [1.29, 1.82) is 0 Å². The molecule has 0 saturated carbocycles. The van der Waals surface area contributed by atoms with Gasteiger partial charge in [-0.1, -0.05) is 0 Å². The molecular formula is C8H5F9O2. The summed E-state index contributed by atoms with van der Waals surface area (Å²) in [6, 6.07) is 0. The molecule has 0 aromatic rings. The van der Waals surface area contributed by atoms with E-state index < -0.39 is 41.6 Å². The summed E-state index contributed by atoms with van der Waals surface area (Å²) in [5.41, 5.74) is -7.96. The predicted molar refractivity (Wildman–Crippen MR) is 42.0 cm³/mol. The Hall–Kier alpha value is -1.42. The number of carbonyl (C=O) groups is 1. The highest BCUT2D eigenvalue weighted by Crippen LogP contribution is 2.60. The molecule has 0 aromatic heterocycles. The summed E-state index contributed by atoms with van der Waals surface area (Å²) in [5, 5.41) is 8.17. The van der Waals surface area contributed by atoms with Crippen molar-refractivity contribution in [2.75, 3.05) is 0 Å². The summed E-state index contributed by atoms with van der Waals surface area (Å²) >= 11 is 0. The highest BCUT2D eigenvalue weighted by molar-refractivity contribution is 5.86. The summed E-state index contributed by atoms with van der Waals surface area (Å²) < 4.78 is 111. The first-order valence-electron chi connectivity index (χ1n) is 4.21. The Morgan fingerprint density at radius 3 is 1.26 bits per heavy atom. The monoisotopic (exact) mass is 304 g/mol. The van der Waals surface area contributed by atoms with E-state index in [1.807, 2.05) is 0 Å². The van der Waals surface area contributed by atoms with Gasteiger partial charge in [0.05, 0.1) is 0 Å². The molecule has 0 unspecified atom stereocenters. The van der Waals surface area contributed by atoms with E-state index in [-0.39, 0.29) is 6.92 Å². The molecule has 0 atom stereocenters. The van der Waals surface area contributed by atoms with Crippen LogP contribution in [0.2, 0.25) is 0 Å². The quantitative estimate of drug-likeness (QED) is 0.624. The van der Waals surface area contributed by atoms with Crippen LogP contribution >= 0.6 is 0 Å². The zero-order valence-corrected chi connectivity index (χ0v) is 8.83. The van der Waals surface area contributed by atoms with E-state index in [1.165, 1.54) is 0 Å². The van der Waals surface area contributed by atoms with Gasteiger partial charge >= 0.3 is 24.5 Å². The van der Waals surface area contributed by atoms with E-state index >= 15 is 0 Å². The zero-order chi connectivity index (χ0) is 15.9. The minimum atomic E-state index is -6.79. The molecule has 112 valence electrons. The lowest BCUT2D eigenvalue weighted by Gasteiger charge is -2.36. The van der Waals surface area contributed by atoms with Gasteiger partial charge in [-0.3, -0.25) is 0 Å². The van der Waals surface area contributed by atoms with Gasteiger partial charge in [-0.05, 0) is 13.0 Å². The number of alkyl halides is 9. The van der Waals surface area contributed by atoms with Crippen molar-refractivity contribution in [2.24, 2.45) is 5.41 Å². The molecule has 0 radical (unpaired) electrons. The van der Waals surface area contributed by atoms with Crippen LogP contribution in [0.25, 0.3) is 0 Å². The summed E-state index contributed by atoms with van der Waals surface area (Å²) in [5.74, 6) is -2.33. The van der Waals surface area contributed by atoms with E-state index in [4.69, 9.17) is 5.11 Å². The number of hydrogen-bond donors (Lipinski definition) is 1. The van der Waals surface area contributed by atoms with Crippen molar-refractivity contribution in [3.05, 3.63) is 11.6 Å². The second-order valence-corrected chi connectivity index (χ2v) is 3.43.